The Morgan fingerprint density at radius 3 is 2.12 bits per heavy atom. The lowest BCUT2D eigenvalue weighted by Crippen LogP contribution is -2.07. The van der Waals surface area contributed by atoms with Crippen LogP contribution in [0.1, 0.15) is 18.5 Å². The number of rotatable bonds is 3. The van der Waals surface area contributed by atoms with Crippen molar-refractivity contribution < 1.29 is 0 Å². The van der Waals surface area contributed by atoms with Gasteiger partial charge in [-0.1, -0.05) is 46.3 Å². The van der Waals surface area contributed by atoms with Crippen LogP contribution in [0.5, 0.6) is 0 Å². The lowest BCUT2D eigenvalue weighted by atomic mass is 10.1. The molecule has 0 radical (unpaired) electrons. The fourth-order valence-corrected chi connectivity index (χ4v) is 2.74. The van der Waals surface area contributed by atoms with E-state index in [1.54, 1.807) is 0 Å². The molecule has 0 saturated heterocycles. The van der Waals surface area contributed by atoms with E-state index in [4.69, 9.17) is 0 Å². The Bertz CT molecular complexity index is 511. The standard InChI is InChI=1S/C14H13Br2N/c1-10(11-6-2-3-7-12(11)15)17-14-9-5-4-8-13(14)16/h2-10,17H,1H3. The van der Waals surface area contributed by atoms with Crippen LogP contribution in [0, 0.1) is 0 Å². The number of nitrogens with one attached hydrogen (secondary N) is 1. The molecule has 2 aromatic carbocycles. The minimum atomic E-state index is 0.254. The number of halogens is 2. The van der Waals surface area contributed by atoms with Crippen molar-refractivity contribution in [1.29, 1.82) is 0 Å². The molecule has 1 unspecified atom stereocenters. The molecule has 1 nitrogen and oxygen atoms in total. The lowest BCUT2D eigenvalue weighted by Gasteiger charge is -2.18. The molecule has 0 saturated carbocycles. The monoisotopic (exact) mass is 353 g/mol. The van der Waals surface area contributed by atoms with Gasteiger partial charge in [-0.05, 0) is 46.6 Å². The summed E-state index contributed by atoms with van der Waals surface area (Å²) < 4.78 is 2.21. The molecule has 88 valence electrons. The zero-order chi connectivity index (χ0) is 12.3. The molecule has 3 heteroatoms. The first-order valence-corrected chi connectivity index (χ1v) is 7.02. The van der Waals surface area contributed by atoms with Gasteiger partial charge in [-0.25, -0.2) is 0 Å². The lowest BCUT2D eigenvalue weighted by molar-refractivity contribution is 0.878. The minimum Gasteiger partial charge on any atom is -0.378 e. The van der Waals surface area contributed by atoms with Crippen molar-refractivity contribution in [2.75, 3.05) is 5.32 Å². The molecule has 2 rings (SSSR count). The van der Waals surface area contributed by atoms with Crippen LogP contribution >= 0.6 is 31.9 Å². The Kier molecular flexibility index (Phi) is 4.24. The van der Waals surface area contributed by atoms with Gasteiger partial charge in [0.15, 0.2) is 0 Å². The largest absolute Gasteiger partial charge is 0.378 e. The van der Waals surface area contributed by atoms with E-state index in [0.717, 1.165) is 14.6 Å². The average Bonchev–Trinajstić information content (AvgIpc) is 2.32. The van der Waals surface area contributed by atoms with Crippen LogP contribution < -0.4 is 5.32 Å². The Morgan fingerprint density at radius 1 is 0.882 bits per heavy atom. The molecule has 0 spiro atoms. The Labute approximate surface area is 119 Å². The van der Waals surface area contributed by atoms with E-state index in [-0.39, 0.29) is 6.04 Å². The second-order valence-electron chi connectivity index (χ2n) is 3.87. The molecule has 0 fully saturated rings. The van der Waals surface area contributed by atoms with Crippen LogP contribution in [0.15, 0.2) is 57.5 Å². The van der Waals surface area contributed by atoms with Crippen LogP contribution in [-0.4, -0.2) is 0 Å². The summed E-state index contributed by atoms with van der Waals surface area (Å²) in [4.78, 5) is 0. The SMILES string of the molecule is CC(Nc1ccccc1Br)c1ccccc1Br. The normalized spacial score (nSPS) is 12.2. The Hall–Kier alpha value is -0.800. The van der Waals surface area contributed by atoms with E-state index in [1.807, 2.05) is 24.3 Å². The summed E-state index contributed by atoms with van der Waals surface area (Å²) in [6.45, 7) is 2.15. The molecule has 1 atom stereocenters. The van der Waals surface area contributed by atoms with Crippen molar-refractivity contribution in [2.45, 2.75) is 13.0 Å². The van der Waals surface area contributed by atoms with Crippen molar-refractivity contribution >= 4 is 37.5 Å². The third-order valence-electron chi connectivity index (χ3n) is 2.62. The number of anilines is 1. The highest BCUT2D eigenvalue weighted by molar-refractivity contribution is 9.10. The molecule has 0 aliphatic carbocycles. The summed E-state index contributed by atoms with van der Waals surface area (Å²) in [5.74, 6) is 0. The van der Waals surface area contributed by atoms with E-state index in [1.165, 1.54) is 5.56 Å². The van der Waals surface area contributed by atoms with Crippen molar-refractivity contribution in [3.05, 3.63) is 63.0 Å². The van der Waals surface area contributed by atoms with Crippen molar-refractivity contribution in [3.8, 4) is 0 Å². The van der Waals surface area contributed by atoms with Gasteiger partial charge in [0.05, 0.1) is 0 Å². The first-order chi connectivity index (χ1) is 8.18. The minimum absolute atomic E-state index is 0.254. The zero-order valence-electron chi connectivity index (χ0n) is 9.45. The second-order valence-corrected chi connectivity index (χ2v) is 5.58. The zero-order valence-corrected chi connectivity index (χ0v) is 12.6. The quantitative estimate of drug-likeness (QED) is 0.779. The molecule has 1 N–H and O–H groups in total. The molecular formula is C14H13Br2N. The van der Waals surface area contributed by atoms with Gasteiger partial charge >= 0.3 is 0 Å². The van der Waals surface area contributed by atoms with Gasteiger partial charge in [0, 0.05) is 20.7 Å². The summed E-state index contributed by atoms with van der Waals surface area (Å²) >= 11 is 7.12. The maximum Gasteiger partial charge on any atom is 0.0497 e. The van der Waals surface area contributed by atoms with E-state index < -0.39 is 0 Å². The van der Waals surface area contributed by atoms with Crippen LogP contribution in [0.3, 0.4) is 0 Å². The van der Waals surface area contributed by atoms with Gasteiger partial charge in [0.1, 0.15) is 0 Å². The van der Waals surface area contributed by atoms with E-state index in [2.05, 4.69) is 68.4 Å². The van der Waals surface area contributed by atoms with Gasteiger partial charge in [0.2, 0.25) is 0 Å². The Balaban J connectivity index is 2.20. The number of benzene rings is 2. The number of para-hydroxylation sites is 1. The van der Waals surface area contributed by atoms with Gasteiger partial charge in [0.25, 0.3) is 0 Å². The number of hydrogen-bond donors (Lipinski definition) is 1. The van der Waals surface area contributed by atoms with Gasteiger partial charge in [-0.2, -0.15) is 0 Å². The van der Waals surface area contributed by atoms with Crippen molar-refractivity contribution in [2.24, 2.45) is 0 Å². The van der Waals surface area contributed by atoms with E-state index in [0.29, 0.717) is 0 Å². The predicted molar refractivity (Wildman–Crippen MR) is 80.3 cm³/mol. The third-order valence-corrected chi connectivity index (χ3v) is 4.03. The predicted octanol–water partition coefficient (Wildman–Crippen LogP) is 5.38. The van der Waals surface area contributed by atoms with Crippen molar-refractivity contribution in [1.82, 2.24) is 0 Å². The van der Waals surface area contributed by atoms with E-state index >= 15 is 0 Å². The second kappa shape index (κ2) is 5.69. The topological polar surface area (TPSA) is 12.0 Å². The number of hydrogen-bond acceptors (Lipinski definition) is 1. The first kappa shape index (κ1) is 12.7. The highest BCUT2D eigenvalue weighted by Gasteiger charge is 2.09. The summed E-state index contributed by atoms with van der Waals surface area (Å²) in [6.07, 6.45) is 0. The van der Waals surface area contributed by atoms with Gasteiger partial charge in [-0.15, -0.1) is 0 Å². The fourth-order valence-electron chi connectivity index (χ4n) is 1.72. The van der Waals surface area contributed by atoms with Crippen molar-refractivity contribution in [3.63, 3.8) is 0 Å². The molecule has 0 amide bonds. The van der Waals surface area contributed by atoms with Gasteiger partial charge in [-0.3, -0.25) is 0 Å². The fraction of sp³-hybridized carbons (Fsp3) is 0.143. The van der Waals surface area contributed by atoms with Crippen LogP contribution in [-0.2, 0) is 0 Å². The molecule has 17 heavy (non-hydrogen) atoms. The smallest absolute Gasteiger partial charge is 0.0497 e. The van der Waals surface area contributed by atoms with Gasteiger partial charge < -0.3 is 5.32 Å². The summed E-state index contributed by atoms with van der Waals surface area (Å²) in [5, 5.41) is 3.49. The summed E-state index contributed by atoms with van der Waals surface area (Å²) in [5.41, 5.74) is 2.36. The van der Waals surface area contributed by atoms with Crippen LogP contribution in [0.4, 0.5) is 5.69 Å². The highest BCUT2D eigenvalue weighted by Crippen LogP contribution is 2.29. The molecule has 0 aromatic heterocycles. The molecule has 0 bridgehead atoms. The molecule has 0 heterocycles. The van der Waals surface area contributed by atoms with E-state index in [9.17, 15) is 0 Å². The Morgan fingerprint density at radius 2 is 1.47 bits per heavy atom. The third kappa shape index (κ3) is 3.11. The summed E-state index contributed by atoms with van der Waals surface area (Å²) in [6, 6.07) is 16.7. The molecule has 2 aromatic rings. The highest BCUT2D eigenvalue weighted by atomic mass is 79.9. The molecule has 0 aliphatic heterocycles. The first-order valence-electron chi connectivity index (χ1n) is 5.44. The average molecular weight is 355 g/mol. The van der Waals surface area contributed by atoms with Crippen LogP contribution in [0.2, 0.25) is 0 Å². The summed E-state index contributed by atoms with van der Waals surface area (Å²) in [7, 11) is 0. The molecular weight excluding hydrogens is 342 g/mol. The molecule has 0 aliphatic rings. The maximum atomic E-state index is 3.58. The maximum absolute atomic E-state index is 3.58. The van der Waals surface area contributed by atoms with Crippen LogP contribution in [0.25, 0.3) is 0 Å².